The van der Waals surface area contributed by atoms with Crippen LogP contribution in [0.1, 0.15) is 42.0 Å². The molecule has 2 fully saturated rings. The van der Waals surface area contributed by atoms with Gasteiger partial charge >= 0.3 is 12.4 Å². The lowest BCUT2D eigenvalue weighted by Crippen LogP contribution is -2.45. The molecule has 1 saturated heterocycles. The highest BCUT2D eigenvalue weighted by Crippen LogP contribution is 2.45. The van der Waals surface area contributed by atoms with Gasteiger partial charge in [0.2, 0.25) is 0 Å². The lowest BCUT2D eigenvalue weighted by Gasteiger charge is -2.36. The van der Waals surface area contributed by atoms with Crippen LogP contribution in [0.5, 0.6) is 0 Å². The van der Waals surface area contributed by atoms with Gasteiger partial charge in [-0.15, -0.1) is 24.8 Å². The van der Waals surface area contributed by atoms with E-state index in [2.05, 4.69) is 5.32 Å². The van der Waals surface area contributed by atoms with Crippen molar-refractivity contribution < 1.29 is 26.3 Å². The summed E-state index contributed by atoms with van der Waals surface area (Å²) in [6.07, 6.45) is -7.09. The van der Waals surface area contributed by atoms with Crippen LogP contribution in [0.25, 0.3) is 0 Å². The predicted octanol–water partition coefficient (Wildman–Crippen LogP) is 5.31. The van der Waals surface area contributed by atoms with Crippen molar-refractivity contribution >= 4 is 24.8 Å². The molecule has 156 valence electrons. The van der Waals surface area contributed by atoms with Gasteiger partial charge in [-0.3, -0.25) is 4.90 Å². The van der Waals surface area contributed by atoms with Gasteiger partial charge in [0.1, 0.15) is 0 Å². The Morgan fingerprint density at radius 1 is 0.963 bits per heavy atom. The number of nitrogens with zero attached hydrogens (tertiary/aromatic N) is 1. The van der Waals surface area contributed by atoms with Gasteiger partial charge in [0.05, 0.1) is 11.1 Å². The summed E-state index contributed by atoms with van der Waals surface area (Å²) >= 11 is 0. The Labute approximate surface area is 166 Å². The number of alkyl halides is 6. The third kappa shape index (κ3) is 6.14. The highest BCUT2D eigenvalue weighted by molar-refractivity contribution is 5.85. The van der Waals surface area contributed by atoms with Crippen LogP contribution in [0, 0.1) is 5.92 Å². The summed E-state index contributed by atoms with van der Waals surface area (Å²) in [4.78, 5) is 1.96. The van der Waals surface area contributed by atoms with Crippen LogP contribution in [0.2, 0.25) is 0 Å². The quantitative estimate of drug-likeness (QED) is 0.640. The van der Waals surface area contributed by atoms with Crippen LogP contribution >= 0.6 is 24.8 Å². The van der Waals surface area contributed by atoms with Crippen molar-refractivity contribution in [3.8, 4) is 0 Å². The molecule has 27 heavy (non-hydrogen) atoms. The van der Waals surface area contributed by atoms with Crippen molar-refractivity contribution in [2.45, 2.75) is 37.7 Å². The monoisotopic (exact) mass is 438 g/mol. The molecular formula is C17H22Cl2F6N2. The third-order valence-corrected chi connectivity index (χ3v) is 4.89. The predicted molar refractivity (Wildman–Crippen MR) is 95.5 cm³/mol. The summed E-state index contributed by atoms with van der Waals surface area (Å²) in [6.45, 7) is 2.53. The number of halogens is 8. The van der Waals surface area contributed by atoms with E-state index in [0.717, 1.165) is 25.0 Å². The summed E-state index contributed by atoms with van der Waals surface area (Å²) in [5.74, 6) is 0.364. The van der Waals surface area contributed by atoms with Crippen LogP contribution in [0.4, 0.5) is 26.3 Å². The molecule has 0 bridgehead atoms. The molecule has 0 radical (unpaired) electrons. The molecule has 1 heterocycles. The fourth-order valence-corrected chi connectivity index (χ4v) is 3.40. The number of benzene rings is 1. The first-order chi connectivity index (χ1) is 11.7. The summed E-state index contributed by atoms with van der Waals surface area (Å²) in [5.41, 5.74) is -2.45. The fraction of sp³-hybridized carbons (Fsp3) is 0.647. The van der Waals surface area contributed by atoms with Crippen molar-refractivity contribution in [1.82, 2.24) is 10.2 Å². The minimum atomic E-state index is -4.81. The SMILES string of the molecule is Cl.Cl.FC(F)(F)c1ccc([C@H](CC2CC2)N2CCNCC2)c(C(F)(F)F)c1. The second-order valence-electron chi connectivity index (χ2n) is 6.78. The highest BCUT2D eigenvalue weighted by atomic mass is 35.5. The zero-order valence-corrected chi connectivity index (χ0v) is 16.0. The van der Waals surface area contributed by atoms with E-state index in [9.17, 15) is 26.3 Å². The molecule has 2 aliphatic rings. The maximum atomic E-state index is 13.5. The van der Waals surface area contributed by atoms with E-state index < -0.39 is 29.5 Å². The van der Waals surface area contributed by atoms with E-state index in [-0.39, 0.29) is 36.4 Å². The van der Waals surface area contributed by atoms with Gasteiger partial charge in [0.25, 0.3) is 0 Å². The molecule has 0 unspecified atom stereocenters. The van der Waals surface area contributed by atoms with E-state index in [1.807, 2.05) is 4.90 Å². The summed E-state index contributed by atoms with van der Waals surface area (Å²) in [5, 5.41) is 3.15. The first kappa shape index (κ1) is 24.3. The van der Waals surface area contributed by atoms with Crippen molar-refractivity contribution in [3.63, 3.8) is 0 Å². The Morgan fingerprint density at radius 2 is 1.56 bits per heavy atom. The molecule has 1 aliphatic heterocycles. The van der Waals surface area contributed by atoms with Crippen LogP contribution in [0.3, 0.4) is 0 Å². The lowest BCUT2D eigenvalue weighted by molar-refractivity contribution is -0.143. The zero-order chi connectivity index (χ0) is 18.2. The summed E-state index contributed by atoms with van der Waals surface area (Å²) in [6, 6.07) is 1.57. The van der Waals surface area contributed by atoms with Crippen molar-refractivity contribution in [3.05, 3.63) is 34.9 Å². The molecule has 1 saturated carbocycles. The van der Waals surface area contributed by atoms with E-state index >= 15 is 0 Å². The number of hydrogen-bond donors (Lipinski definition) is 1. The molecule has 3 rings (SSSR count). The number of hydrogen-bond acceptors (Lipinski definition) is 2. The van der Waals surface area contributed by atoms with Gasteiger partial charge in [0, 0.05) is 32.2 Å². The lowest BCUT2D eigenvalue weighted by atomic mass is 9.92. The van der Waals surface area contributed by atoms with Gasteiger partial charge in [0.15, 0.2) is 0 Å². The Kier molecular flexibility index (Phi) is 8.29. The third-order valence-electron chi connectivity index (χ3n) is 4.89. The summed E-state index contributed by atoms with van der Waals surface area (Å²) in [7, 11) is 0. The van der Waals surface area contributed by atoms with Gasteiger partial charge in [-0.2, -0.15) is 26.3 Å². The minimum Gasteiger partial charge on any atom is -0.314 e. The number of rotatable bonds is 4. The Balaban J connectivity index is 0.00000182. The Hall–Kier alpha value is -0.700. The first-order valence-electron chi connectivity index (χ1n) is 8.39. The van der Waals surface area contributed by atoms with Gasteiger partial charge in [-0.05, 0) is 30.0 Å². The molecule has 0 spiro atoms. The number of piperazine rings is 1. The van der Waals surface area contributed by atoms with Crippen molar-refractivity contribution in [2.75, 3.05) is 26.2 Å². The van der Waals surface area contributed by atoms with E-state index in [1.165, 1.54) is 0 Å². The molecule has 0 aromatic heterocycles. The molecule has 1 aromatic carbocycles. The van der Waals surface area contributed by atoms with Gasteiger partial charge in [-0.1, -0.05) is 18.9 Å². The molecule has 2 nitrogen and oxygen atoms in total. The maximum absolute atomic E-state index is 13.5. The second-order valence-corrected chi connectivity index (χ2v) is 6.78. The van der Waals surface area contributed by atoms with Crippen LogP contribution in [-0.4, -0.2) is 31.1 Å². The molecular weight excluding hydrogens is 417 g/mol. The normalized spacial score (nSPS) is 19.8. The standard InChI is InChI=1S/C17H20F6N2.2ClH/c18-16(19,20)12-3-4-13(14(10-12)17(21,22)23)15(9-11-1-2-11)25-7-5-24-6-8-25;;/h3-4,10-11,15,24H,1-2,5-9H2;2*1H/t15-;;/m0../s1. The highest BCUT2D eigenvalue weighted by Gasteiger charge is 2.41. The Bertz CT molecular complexity index is 610. The average Bonchev–Trinajstić information content (AvgIpc) is 3.35. The number of nitrogens with one attached hydrogen (secondary N) is 1. The van der Waals surface area contributed by atoms with Crippen LogP contribution in [-0.2, 0) is 12.4 Å². The van der Waals surface area contributed by atoms with E-state index in [1.54, 1.807) is 0 Å². The minimum absolute atomic E-state index is 0. The van der Waals surface area contributed by atoms with Gasteiger partial charge < -0.3 is 5.32 Å². The maximum Gasteiger partial charge on any atom is 0.416 e. The Morgan fingerprint density at radius 3 is 2.04 bits per heavy atom. The molecule has 1 aliphatic carbocycles. The van der Waals surface area contributed by atoms with Crippen LogP contribution in [0.15, 0.2) is 18.2 Å². The molecule has 0 amide bonds. The molecule has 1 atom stereocenters. The van der Waals surface area contributed by atoms with E-state index in [4.69, 9.17) is 0 Å². The fourth-order valence-electron chi connectivity index (χ4n) is 3.40. The largest absolute Gasteiger partial charge is 0.416 e. The summed E-state index contributed by atoms with van der Waals surface area (Å²) < 4.78 is 79.1. The molecule has 1 N–H and O–H groups in total. The first-order valence-corrected chi connectivity index (χ1v) is 8.39. The average molecular weight is 439 g/mol. The zero-order valence-electron chi connectivity index (χ0n) is 14.4. The topological polar surface area (TPSA) is 15.3 Å². The second kappa shape index (κ2) is 9.20. The van der Waals surface area contributed by atoms with Crippen molar-refractivity contribution in [1.29, 1.82) is 0 Å². The van der Waals surface area contributed by atoms with Crippen molar-refractivity contribution in [2.24, 2.45) is 5.92 Å². The molecule has 10 heteroatoms. The van der Waals surface area contributed by atoms with E-state index in [0.29, 0.717) is 38.5 Å². The van der Waals surface area contributed by atoms with Gasteiger partial charge in [-0.25, -0.2) is 0 Å². The smallest absolute Gasteiger partial charge is 0.314 e. The molecule has 1 aromatic rings. The van der Waals surface area contributed by atoms with Crippen LogP contribution < -0.4 is 5.32 Å².